The molecule has 0 aliphatic rings. The van der Waals surface area contributed by atoms with E-state index in [0.29, 0.717) is 18.2 Å². The number of rotatable bonds is 7. The highest BCUT2D eigenvalue weighted by atomic mass is 32.1. The number of hydrogen-bond acceptors (Lipinski definition) is 7. The summed E-state index contributed by atoms with van der Waals surface area (Å²) in [5, 5.41) is 4.47. The van der Waals surface area contributed by atoms with Gasteiger partial charge in [-0.25, -0.2) is 9.97 Å². The number of hydrogen-bond donors (Lipinski definition) is 1. The Morgan fingerprint density at radius 2 is 2.09 bits per heavy atom. The molecule has 8 heteroatoms. The minimum absolute atomic E-state index is 0.176. The molecule has 1 atom stereocenters. The summed E-state index contributed by atoms with van der Waals surface area (Å²) in [7, 11) is 0. The largest absolute Gasteiger partial charge is 0.464 e. The first-order valence-corrected chi connectivity index (χ1v) is 11.8. The van der Waals surface area contributed by atoms with Crippen molar-refractivity contribution in [1.29, 1.82) is 0 Å². The zero-order chi connectivity index (χ0) is 22.9. The van der Waals surface area contributed by atoms with Crippen molar-refractivity contribution in [2.24, 2.45) is 0 Å². The van der Waals surface area contributed by atoms with E-state index in [9.17, 15) is 0 Å². The molecule has 0 radical (unpaired) electrons. The second-order valence-corrected chi connectivity index (χ2v) is 8.86. The fourth-order valence-corrected chi connectivity index (χ4v) is 4.71. The minimum atomic E-state index is 0.176. The number of pyridine rings is 2. The fourth-order valence-electron chi connectivity index (χ4n) is 4.06. The Labute approximate surface area is 199 Å². The van der Waals surface area contributed by atoms with Crippen LogP contribution in [0, 0.1) is 0 Å². The van der Waals surface area contributed by atoms with Crippen LogP contribution in [0.25, 0.3) is 27.9 Å². The lowest BCUT2D eigenvalue weighted by atomic mass is 10.0. The predicted molar refractivity (Wildman–Crippen MR) is 132 cm³/mol. The summed E-state index contributed by atoms with van der Waals surface area (Å²) >= 11 is 1.65. The van der Waals surface area contributed by atoms with Crippen LogP contribution in [0.15, 0.2) is 89.5 Å². The first-order chi connectivity index (χ1) is 16.8. The molecule has 0 aliphatic heterocycles. The highest BCUT2D eigenvalue weighted by Crippen LogP contribution is 2.33. The Kier molecular flexibility index (Phi) is 5.29. The third-order valence-electron chi connectivity index (χ3n) is 5.82. The van der Waals surface area contributed by atoms with Crippen molar-refractivity contribution in [2.75, 3.05) is 0 Å². The zero-order valence-corrected chi connectivity index (χ0v) is 19.2. The maximum Gasteiger partial charge on any atom is 0.230 e. The van der Waals surface area contributed by atoms with Gasteiger partial charge in [-0.05, 0) is 55.0 Å². The van der Waals surface area contributed by atoms with E-state index >= 15 is 0 Å². The summed E-state index contributed by atoms with van der Waals surface area (Å²) in [5.41, 5.74) is 6.79. The van der Waals surface area contributed by atoms with E-state index < -0.39 is 0 Å². The van der Waals surface area contributed by atoms with Crippen molar-refractivity contribution in [3.8, 4) is 22.9 Å². The highest BCUT2D eigenvalue weighted by Gasteiger charge is 2.14. The Morgan fingerprint density at radius 3 is 3.00 bits per heavy atom. The smallest absolute Gasteiger partial charge is 0.230 e. The standard InChI is InChI=1S/C26H21N5O2S/c1-17(24-15-27-16-34-24)30-14-18-13-19(33-26-21-8-12-32-23(21)7-9-29-26)5-6-20(18)22-3-2-4-25-28-10-11-31(22)25/h2-13,15-17,30H,14H2,1H3. The van der Waals surface area contributed by atoms with Crippen LogP contribution < -0.4 is 10.1 Å². The Bertz CT molecular complexity index is 1570. The van der Waals surface area contributed by atoms with Crippen LogP contribution >= 0.6 is 11.3 Å². The van der Waals surface area contributed by atoms with Crippen LogP contribution in [0.5, 0.6) is 11.6 Å². The van der Waals surface area contributed by atoms with Crippen LogP contribution in [-0.4, -0.2) is 19.4 Å². The Morgan fingerprint density at radius 1 is 1.12 bits per heavy atom. The molecule has 168 valence electrons. The lowest BCUT2D eigenvalue weighted by Crippen LogP contribution is -2.18. The van der Waals surface area contributed by atoms with Gasteiger partial charge in [0.25, 0.3) is 0 Å². The molecule has 0 amide bonds. The number of fused-ring (bicyclic) bond motifs is 2. The average Bonchev–Trinajstić information content (AvgIpc) is 3.64. The van der Waals surface area contributed by atoms with Crippen LogP contribution in [-0.2, 0) is 6.54 Å². The Hall–Kier alpha value is -4.01. The second-order valence-electron chi connectivity index (χ2n) is 7.94. The van der Waals surface area contributed by atoms with Crippen LogP contribution in [0.1, 0.15) is 23.4 Å². The number of benzene rings is 1. The van der Waals surface area contributed by atoms with Gasteiger partial charge in [-0.2, -0.15) is 0 Å². The number of furan rings is 1. The van der Waals surface area contributed by atoms with E-state index in [-0.39, 0.29) is 6.04 Å². The van der Waals surface area contributed by atoms with Crippen LogP contribution in [0.3, 0.4) is 0 Å². The van der Waals surface area contributed by atoms with E-state index in [1.807, 2.05) is 54.4 Å². The summed E-state index contributed by atoms with van der Waals surface area (Å²) in [4.78, 5) is 14.3. The molecule has 0 saturated carbocycles. The SMILES string of the molecule is CC(NCc1cc(Oc2nccc3occc23)ccc1-c1cccc2nccn12)c1cncs1. The molecule has 1 unspecified atom stereocenters. The summed E-state index contributed by atoms with van der Waals surface area (Å²) < 4.78 is 13.8. The van der Waals surface area contributed by atoms with Crippen molar-refractivity contribution in [2.45, 2.75) is 19.5 Å². The lowest BCUT2D eigenvalue weighted by molar-refractivity contribution is 0.467. The van der Waals surface area contributed by atoms with E-state index in [0.717, 1.165) is 33.4 Å². The average molecular weight is 468 g/mol. The summed E-state index contributed by atoms with van der Waals surface area (Å²) in [6.45, 7) is 2.80. The molecule has 5 heterocycles. The molecule has 5 aromatic heterocycles. The van der Waals surface area contributed by atoms with Gasteiger partial charge in [0.05, 0.1) is 22.9 Å². The number of ether oxygens (including phenoxy) is 1. The number of nitrogens with zero attached hydrogens (tertiary/aromatic N) is 4. The highest BCUT2D eigenvalue weighted by molar-refractivity contribution is 7.09. The van der Waals surface area contributed by atoms with Crippen molar-refractivity contribution >= 4 is 28.0 Å². The van der Waals surface area contributed by atoms with Gasteiger partial charge in [0.15, 0.2) is 0 Å². The lowest BCUT2D eigenvalue weighted by Gasteiger charge is -2.17. The van der Waals surface area contributed by atoms with Crippen molar-refractivity contribution in [3.05, 3.63) is 95.5 Å². The second kappa shape index (κ2) is 8.74. The monoisotopic (exact) mass is 467 g/mol. The fraction of sp³-hybridized carbons (Fsp3) is 0.115. The van der Waals surface area contributed by atoms with Crippen molar-refractivity contribution in [3.63, 3.8) is 0 Å². The summed E-state index contributed by atoms with van der Waals surface area (Å²) in [6.07, 6.45) is 9.04. The van der Waals surface area contributed by atoms with Gasteiger partial charge in [-0.15, -0.1) is 11.3 Å². The zero-order valence-electron chi connectivity index (χ0n) is 18.4. The van der Waals surface area contributed by atoms with Gasteiger partial charge in [0, 0.05) is 47.8 Å². The quantitative estimate of drug-likeness (QED) is 0.299. The number of imidazole rings is 1. The van der Waals surface area contributed by atoms with Crippen molar-refractivity contribution in [1.82, 2.24) is 24.7 Å². The van der Waals surface area contributed by atoms with Gasteiger partial charge in [-0.1, -0.05) is 6.07 Å². The molecular formula is C26H21N5O2S. The van der Waals surface area contributed by atoms with E-state index in [1.165, 1.54) is 4.88 Å². The number of thiazole rings is 1. The number of aromatic nitrogens is 4. The van der Waals surface area contributed by atoms with Gasteiger partial charge < -0.3 is 14.5 Å². The molecule has 0 bridgehead atoms. The van der Waals surface area contributed by atoms with E-state index in [1.54, 1.807) is 23.8 Å². The normalized spacial score (nSPS) is 12.4. The van der Waals surface area contributed by atoms with E-state index in [4.69, 9.17) is 9.15 Å². The first-order valence-electron chi connectivity index (χ1n) is 10.9. The van der Waals surface area contributed by atoms with Crippen molar-refractivity contribution < 1.29 is 9.15 Å². The molecule has 34 heavy (non-hydrogen) atoms. The maximum atomic E-state index is 6.21. The molecule has 0 aliphatic carbocycles. The van der Waals surface area contributed by atoms with Gasteiger partial charge in [-0.3, -0.25) is 9.38 Å². The molecule has 1 aromatic carbocycles. The number of nitrogens with one attached hydrogen (secondary N) is 1. The minimum Gasteiger partial charge on any atom is -0.464 e. The molecule has 6 aromatic rings. The van der Waals surface area contributed by atoms with Gasteiger partial charge in [0.1, 0.15) is 17.0 Å². The maximum absolute atomic E-state index is 6.21. The first kappa shape index (κ1) is 20.6. The van der Waals surface area contributed by atoms with Gasteiger partial charge in [0.2, 0.25) is 5.88 Å². The molecule has 7 nitrogen and oxygen atoms in total. The Balaban J connectivity index is 1.38. The topological polar surface area (TPSA) is 77.5 Å². The third kappa shape index (κ3) is 3.83. The van der Waals surface area contributed by atoms with Crippen LogP contribution in [0.4, 0.5) is 0 Å². The van der Waals surface area contributed by atoms with Crippen LogP contribution in [0.2, 0.25) is 0 Å². The van der Waals surface area contributed by atoms with Gasteiger partial charge >= 0.3 is 0 Å². The van der Waals surface area contributed by atoms with E-state index in [2.05, 4.69) is 49.8 Å². The molecular weight excluding hydrogens is 446 g/mol. The molecule has 0 saturated heterocycles. The molecule has 0 fully saturated rings. The molecule has 0 spiro atoms. The third-order valence-corrected chi connectivity index (χ3v) is 6.77. The molecule has 6 rings (SSSR count). The predicted octanol–water partition coefficient (Wildman–Crippen LogP) is 6.24. The summed E-state index contributed by atoms with van der Waals surface area (Å²) in [6, 6.07) is 16.1. The molecule has 1 N–H and O–H groups in total. The summed E-state index contributed by atoms with van der Waals surface area (Å²) in [5.74, 6) is 1.23.